The molecule has 80 valence electrons. The molecule has 0 atom stereocenters. The van der Waals surface area contributed by atoms with Crippen LogP contribution in [-0.4, -0.2) is 23.7 Å². The van der Waals surface area contributed by atoms with E-state index in [1.165, 1.54) is 13.0 Å². The van der Waals surface area contributed by atoms with Gasteiger partial charge in [-0.2, -0.15) is 0 Å². The van der Waals surface area contributed by atoms with E-state index in [9.17, 15) is 9.59 Å². The highest BCUT2D eigenvalue weighted by Crippen LogP contribution is 1.98. The first-order chi connectivity index (χ1) is 6.49. The topological polar surface area (TPSA) is 43.4 Å². The fourth-order valence-electron chi connectivity index (χ4n) is 0.288. The van der Waals surface area contributed by atoms with E-state index in [4.69, 9.17) is 0 Å². The minimum Gasteiger partial charge on any atom is -0.463 e. The van der Waals surface area contributed by atoms with Crippen molar-refractivity contribution >= 4 is 27.7 Å². The number of rotatable bonds is 4. The number of alkyl halides is 1. The Morgan fingerprint density at radius 2 is 1.93 bits per heavy atom. The maximum Gasteiger partial charge on any atom is 0.334 e. The van der Waals surface area contributed by atoms with Gasteiger partial charge in [-0.25, -0.2) is 4.79 Å². The van der Waals surface area contributed by atoms with E-state index in [-0.39, 0.29) is 11.8 Å². The lowest BCUT2D eigenvalue weighted by molar-refractivity contribution is -0.138. The molecule has 0 rings (SSSR count). The van der Waals surface area contributed by atoms with Crippen molar-refractivity contribution in [1.29, 1.82) is 0 Å². The van der Waals surface area contributed by atoms with Gasteiger partial charge in [0.05, 0.1) is 6.61 Å². The van der Waals surface area contributed by atoms with Gasteiger partial charge in [-0.15, -0.1) is 0 Å². The third kappa shape index (κ3) is 11.1. The fourth-order valence-corrected chi connectivity index (χ4v) is 0.517. The van der Waals surface area contributed by atoms with Crippen LogP contribution in [0.3, 0.4) is 0 Å². The number of hydrogen-bond acceptors (Lipinski definition) is 3. The van der Waals surface area contributed by atoms with E-state index >= 15 is 0 Å². The number of ether oxygens (including phenoxy) is 1. The largest absolute Gasteiger partial charge is 0.463 e. The van der Waals surface area contributed by atoms with Crippen LogP contribution in [0.1, 0.15) is 13.8 Å². The fraction of sp³-hybridized carbons (Fsp3) is 0.400. The zero-order valence-electron chi connectivity index (χ0n) is 8.51. The van der Waals surface area contributed by atoms with Crippen LogP contribution in [-0.2, 0) is 14.3 Å². The zero-order valence-corrected chi connectivity index (χ0v) is 10.1. The molecule has 0 aromatic rings. The van der Waals surface area contributed by atoms with Crippen LogP contribution in [0.2, 0.25) is 0 Å². The number of esters is 1. The molecule has 0 radical (unpaired) electrons. The van der Waals surface area contributed by atoms with Crippen LogP contribution in [0.25, 0.3) is 0 Å². The second-order valence-electron chi connectivity index (χ2n) is 2.27. The van der Waals surface area contributed by atoms with E-state index in [0.29, 0.717) is 17.5 Å². The van der Waals surface area contributed by atoms with Crippen molar-refractivity contribution in [3.05, 3.63) is 24.8 Å². The molecule has 0 saturated heterocycles. The van der Waals surface area contributed by atoms with Gasteiger partial charge in [0.15, 0.2) is 5.78 Å². The normalized spacial score (nSPS) is 7.93. The smallest absolute Gasteiger partial charge is 0.334 e. The summed E-state index contributed by atoms with van der Waals surface area (Å²) in [6.07, 6.45) is 1.28. The van der Waals surface area contributed by atoms with E-state index in [2.05, 4.69) is 33.8 Å². The van der Waals surface area contributed by atoms with Crippen molar-refractivity contribution in [2.75, 3.05) is 11.9 Å². The summed E-state index contributed by atoms with van der Waals surface area (Å²) in [5.41, 5.74) is 0.455. The van der Waals surface area contributed by atoms with Crippen LogP contribution in [0.5, 0.6) is 0 Å². The summed E-state index contributed by atoms with van der Waals surface area (Å²) < 4.78 is 4.63. The Hall–Kier alpha value is -0.900. The average Bonchev–Trinajstić information content (AvgIpc) is 2.17. The van der Waals surface area contributed by atoms with Crippen molar-refractivity contribution < 1.29 is 14.3 Å². The number of halogens is 1. The summed E-state index contributed by atoms with van der Waals surface area (Å²) in [6, 6.07) is 0. The minimum atomic E-state index is -0.325. The molecule has 0 N–H and O–H groups in total. The van der Waals surface area contributed by atoms with Gasteiger partial charge in [0.2, 0.25) is 0 Å². The van der Waals surface area contributed by atoms with Gasteiger partial charge in [-0.3, -0.25) is 4.79 Å². The summed E-state index contributed by atoms with van der Waals surface area (Å²) in [6.45, 7) is 10.3. The number of ketones is 1. The van der Waals surface area contributed by atoms with E-state index in [1.54, 1.807) is 6.92 Å². The Kier molecular flexibility index (Phi) is 11.3. The van der Waals surface area contributed by atoms with Crippen molar-refractivity contribution in [2.24, 2.45) is 0 Å². The standard InChI is InChI=1S/C6H9BrO2.C4H6O/c1-3-9-6(8)5(2)4-7;1-3-4(2)5/h2-4H2,1H3;3H,1H2,2H3. The predicted octanol–water partition coefficient (Wildman–Crippen LogP) is 2.26. The molecule has 0 unspecified atom stereocenters. The molecule has 0 amide bonds. The molecular weight excluding hydrogens is 248 g/mol. The Balaban J connectivity index is 0. The number of allylic oxidation sites excluding steroid dienone is 1. The second-order valence-corrected chi connectivity index (χ2v) is 2.83. The maximum atomic E-state index is 10.6. The summed E-state index contributed by atoms with van der Waals surface area (Å²) in [5.74, 6) is -0.306. The van der Waals surface area contributed by atoms with Crippen molar-refractivity contribution in [3.63, 3.8) is 0 Å². The molecule has 0 spiro atoms. The highest BCUT2D eigenvalue weighted by molar-refractivity contribution is 9.09. The van der Waals surface area contributed by atoms with E-state index in [1.807, 2.05) is 0 Å². The molecule has 0 aliphatic rings. The number of carbonyl (C=O) groups excluding carboxylic acids is 2. The lowest BCUT2D eigenvalue weighted by atomic mass is 10.4. The lowest BCUT2D eigenvalue weighted by Gasteiger charge is -1.99. The highest BCUT2D eigenvalue weighted by Gasteiger charge is 2.03. The monoisotopic (exact) mass is 262 g/mol. The quantitative estimate of drug-likeness (QED) is 0.444. The van der Waals surface area contributed by atoms with Gasteiger partial charge in [-0.05, 0) is 19.9 Å². The van der Waals surface area contributed by atoms with E-state index in [0.717, 1.165) is 0 Å². The first kappa shape index (κ1) is 15.6. The molecule has 0 aliphatic heterocycles. The van der Waals surface area contributed by atoms with Gasteiger partial charge >= 0.3 is 5.97 Å². The Labute approximate surface area is 93.0 Å². The van der Waals surface area contributed by atoms with Gasteiger partial charge < -0.3 is 4.74 Å². The third-order valence-electron chi connectivity index (χ3n) is 1.01. The molecule has 0 aromatic heterocycles. The molecule has 4 heteroatoms. The van der Waals surface area contributed by atoms with Crippen LogP contribution >= 0.6 is 15.9 Å². The molecule has 14 heavy (non-hydrogen) atoms. The molecular formula is C10H15BrO3. The lowest BCUT2D eigenvalue weighted by Crippen LogP contribution is -2.06. The predicted molar refractivity (Wildman–Crippen MR) is 60.4 cm³/mol. The summed E-state index contributed by atoms with van der Waals surface area (Å²) in [5, 5.41) is 0.478. The molecule has 0 heterocycles. The van der Waals surface area contributed by atoms with Crippen molar-refractivity contribution in [2.45, 2.75) is 13.8 Å². The molecule has 0 fully saturated rings. The summed E-state index contributed by atoms with van der Waals surface area (Å²) in [4.78, 5) is 20.3. The summed E-state index contributed by atoms with van der Waals surface area (Å²) in [7, 11) is 0. The van der Waals surface area contributed by atoms with Gasteiger partial charge in [0.1, 0.15) is 0 Å². The first-order valence-corrected chi connectivity index (χ1v) is 5.15. The molecule has 0 bridgehead atoms. The minimum absolute atomic E-state index is 0.0185. The summed E-state index contributed by atoms with van der Waals surface area (Å²) >= 11 is 3.08. The maximum absolute atomic E-state index is 10.6. The average molecular weight is 263 g/mol. The van der Waals surface area contributed by atoms with Crippen LogP contribution in [0, 0.1) is 0 Å². The third-order valence-corrected chi connectivity index (χ3v) is 1.69. The van der Waals surface area contributed by atoms with E-state index < -0.39 is 0 Å². The van der Waals surface area contributed by atoms with Crippen LogP contribution in [0.15, 0.2) is 24.8 Å². The van der Waals surface area contributed by atoms with Crippen molar-refractivity contribution in [3.8, 4) is 0 Å². The number of hydrogen-bond donors (Lipinski definition) is 0. The Bertz CT molecular complexity index is 221. The second kappa shape index (κ2) is 10.2. The SMILES string of the molecule is C=C(CBr)C(=O)OCC.C=CC(C)=O. The molecule has 0 saturated carbocycles. The first-order valence-electron chi connectivity index (χ1n) is 4.03. The van der Waals surface area contributed by atoms with Gasteiger partial charge in [0.25, 0.3) is 0 Å². The number of carbonyl (C=O) groups is 2. The van der Waals surface area contributed by atoms with Gasteiger partial charge in [0, 0.05) is 10.9 Å². The molecule has 0 aliphatic carbocycles. The Morgan fingerprint density at radius 1 is 1.50 bits per heavy atom. The molecule has 3 nitrogen and oxygen atoms in total. The zero-order chi connectivity index (χ0) is 11.6. The Morgan fingerprint density at radius 3 is 2.14 bits per heavy atom. The molecule has 0 aromatic carbocycles. The van der Waals surface area contributed by atoms with Gasteiger partial charge in [-0.1, -0.05) is 29.1 Å². The van der Waals surface area contributed by atoms with Crippen LogP contribution in [0.4, 0.5) is 0 Å². The van der Waals surface area contributed by atoms with Crippen LogP contribution < -0.4 is 0 Å². The highest BCUT2D eigenvalue weighted by atomic mass is 79.9. The van der Waals surface area contributed by atoms with Crippen molar-refractivity contribution in [1.82, 2.24) is 0 Å².